The lowest BCUT2D eigenvalue weighted by Gasteiger charge is -2.26. The van der Waals surface area contributed by atoms with Gasteiger partial charge in [0.05, 0.1) is 0 Å². The van der Waals surface area contributed by atoms with Crippen molar-refractivity contribution in [3.05, 3.63) is 6.33 Å². The Hall–Kier alpha value is -0.350. The lowest BCUT2D eigenvalue weighted by molar-refractivity contribution is 0.368. The van der Waals surface area contributed by atoms with E-state index in [1.165, 1.54) is 37.2 Å². The Morgan fingerprint density at radius 2 is 2.29 bits per heavy atom. The van der Waals surface area contributed by atoms with Crippen LogP contribution >= 0.6 is 23.1 Å². The van der Waals surface area contributed by atoms with Crippen molar-refractivity contribution >= 4 is 28.3 Å². The summed E-state index contributed by atoms with van der Waals surface area (Å²) in [6.07, 6.45) is 6.68. The SMILES string of the molecule is ClCC1(CNc2ncns2)CCCC1. The van der Waals surface area contributed by atoms with Crippen molar-refractivity contribution < 1.29 is 0 Å². The quantitative estimate of drug-likeness (QED) is 0.810. The molecule has 0 amide bonds. The molecular formula is C9H14ClN3S. The second kappa shape index (κ2) is 4.45. The van der Waals surface area contributed by atoms with Crippen molar-refractivity contribution in [2.75, 3.05) is 17.7 Å². The van der Waals surface area contributed by atoms with E-state index in [9.17, 15) is 0 Å². The van der Waals surface area contributed by atoms with Crippen LogP contribution in [0.5, 0.6) is 0 Å². The minimum atomic E-state index is 0.299. The third-order valence-electron chi connectivity index (χ3n) is 2.92. The summed E-state index contributed by atoms with van der Waals surface area (Å²) < 4.78 is 3.95. The molecule has 1 aliphatic carbocycles. The number of hydrogen-bond acceptors (Lipinski definition) is 4. The first-order valence-corrected chi connectivity index (χ1v) is 6.22. The molecule has 0 radical (unpaired) electrons. The minimum Gasteiger partial charge on any atom is -0.360 e. The van der Waals surface area contributed by atoms with Crippen molar-refractivity contribution in [1.82, 2.24) is 9.36 Å². The van der Waals surface area contributed by atoms with E-state index in [0.717, 1.165) is 17.6 Å². The molecule has 14 heavy (non-hydrogen) atoms. The maximum absolute atomic E-state index is 6.03. The van der Waals surface area contributed by atoms with Crippen LogP contribution in [0.3, 0.4) is 0 Å². The van der Waals surface area contributed by atoms with Gasteiger partial charge in [0, 0.05) is 29.4 Å². The van der Waals surface area contributed by atoms with E-state index in [1.807, 2.05) is 0 Å². The third kappa shape index (κ3) is 2.17. The molecule has 1 heterocycles. The molecule has 78 valence electrons. The van der Waals surface area contributed by atoms with Gasteiger partial charge in [-0.1, -0.05) is 12.8 Å². The highest BCUT2D eigenvalue weighted by atomic mass is 35.5. The summed E-state index contributed by atoms with van der Waals surface area (Å²) in [6, 6.07) is 0. The first-order valence-electron chi connectivity index (χ1n) is 4.91. The predicted octanol–water partition coefficient (Wildman–Crippen LogP) is 2.75. The number of nitrogens with zero attached hydrogens (tertiary/aromatic N) is 2. The first kappa shape index (κ1) is 10.2. The van der Waals surface area contributed by atoms with E-state index in [-0.39, 0.29) is 0 Å². The van der Waals surface area contributed by atoms with Crippen LogP contribution in [0.1, 0.15) is 25.7 Å². The van der Waals surface area contributed by atoms with Crippen molar-refractivity contribution in [1.29, 1.82) is 0 Å². The van der Waals surface area contributed by atoms with Gasteiger partial charge in [0.25, 0.3) is 0 Å². The maximum atomic E-state index is 6.03. The van der Waals surface area contributed by atoms with Crippen LogP contribution < -0.4 is 5.32 Å². The van der Waals surface area contributed by atoms with Crippen LogP contribution in [-0.4, -0.2) is 21.8 Å². The molecule has 0 spiro atoms. The molecule has 1 fully saturated rings. The molecule has 1 N–H and O–H groups in total. The van der Waals surface area contributed by atoms with Gasteiger partial charge in [-0.3, -0.25) is 0 Å². The number of halogens is 1. The average Bonchev–Trinajstić information content (AvgIpc) is 2.87. The number of hydrogen-bond donors (Lipinski definition) is 1. The second-order valence-electron chi connectivity index (χ2n) is 3.94. The summed E-state index contributed by atoms with van der Waals surface area (Å²) in [6.45, 7) is 0.936. The number of nitrogens with one attached hydrogen (secondary N) is 1. The van der Waals surface area contributed by atoms with Crippen LogP contribution in [-0.2, 0) is 0 Å². The largest absolute Gasteiger partial charge is 0.360 e. The summed E-state index contributed by atoms with van der Waals surface area (Å²) in [7, 11) is 0. The number of alkyl halides is 1. The fourth-order valence-electron chi connectivity index (χ4n) is 2.00. The van der Waals surface area contributed by atoms with Gasteiger partial charge in [-0.15, -0.1) is 11.6 Å². The van der Waals surface area contributed by atoms with Crippen LogP contribution in [0, 0.1) is 5.41 Å². The van der Waals surface area contributed by atoms with Crippen LogP contribution in [0.15, 0.2) is 6.33 Å². The topological polar surface area (TPSA) is 37.8 Å². The van der Waals surface area contributed by atoms with Gasteiger partial charge in [-0.05, 0) is 12.8 Å². The second-order valence-corrected chi connectivity index (χ2v) is 4.99. The highest BCUT2D eigenvalue weighted by Gasteiger charge is 2.32. The molecule has 0 saturated heterocycles. The summed E-state index contributed by atoms with van der Waals surface area (Å²) in [5, 5.41) is 4.22. The summed E-state index contributed by atoms with van der Waals surface area (Å²) in [5.74, 6) is 0.749. The highest BCUT2D eigenvalue weighted by molar-refractivity contribution is 7.09. The Morgan fingerprint density at radius 1 is 1.50 bits per heavy atom. The molecule has 1 aromatic heterocycles. The summed E-state index contributed by atoms with van der Waals surface area (Å²) in [4.78, 5) is 4.10. The Morgan fingerprint density at radius 3 is 2.86 bits per heavy atom. The zero-order valence-corrected chi connectivity index (χ0v) is 9.57. The molecule has 5 heteroatoms. The fraction of sp³-hybridized carbons (Fsp3) is 0.778. The average molecular weight is 232 g/mol. The highest BCUT2D eigenvalue weighted by Crippen LogP contribution is 2.39. The summed E-state index contributed by atoms with van der Waals surface area (Å²) in [5.41, 5.74) is 0.299. The summed E-state index contributed by atoms with van der Waals surface area (Å²) >= 11 is 7.43. The van der Waals surface area contributed by atoms with Gasteiger partial charge in [-0.2, -0.15) is 4.37 Å². The lowest BCUT2D eigenvalue weighted by Crippen LogP contribution is -2.28. The van der Waals surface area contributed by atoms with Crippen molar-refractivity contribution in [2.45, 2.75) is 25.7 Å². The molecule has 0 bridgehead atoms. The van der Waals surface area contributed by atoms with Crippen molar-refractivity contribution in [2.24, 2.45) is 5.41 Å². The smallest absolute Gasteiger partial charge is 0.202 e. The van der Waals surface area contributed by atoms with Gasteiger partial charge < -0.3 is 5.32 Å². The molecule has 1 saturated carbocycles. The van der Waals surface area contributed by atoms with Gasteiger partial charge >= 0.3 is 0 Å². The van der Waals surface area contributed by atoms with Crippen LogP contribution in [0.2, 0.25) is 0 Å². The van der Waals surface area contributed by atoms with E-state index < -0.39 is 0 Å². The van der Waals surface area contributed by atoms with Gasteiger partial charge in [0.1, 0.15) is 6.33 Å². The molecule has 1 aromatic rings. The normalized spacial score (nSPS) is 19.8. The van der Waals surface area contributed by atoms with E-state index in [4.69, 9.17) is 11.6 Å². The minimum absolute atomic E-state index is 0.299. The van der Waals surface area contributed by atoms with E-state index in [2.05, 4.69) is 14.7 Å². The first-order chi connectivity index (χ1) is 6.85. The Balaban J connectivity index is 1.89. The van der Waals surface area contributed by atoms with E-state index in [0.29, 0.717) is 5.41 Å². The van der Waals surface area contributed by atoms with Crippen LogP contribution in [0.25, 0.3) is 0 Å². The number of anilines is 1. The number of aromatic nitrogens is 2. The monoisotopic (exact) mass is 231 g/mol. The Bertz CT molecular complexity index is 270. The molecule has 3 nitrogen and oxygen atoms in total. The Kier molecular flexibility index (Phi) is 3.23. The van der Waals surface area contributed by atoms with Gasteiger partial charge in [-0.25, -0.2) is 4.98 Å². The Labute approximate surface area is 93.1 Å². The van der Waals surface area contributed by atoms with Crippen molar-refractivity contribution in [3.8, 4) is 0 Å². The third-order valence-corrected chi connectivity index (χ3v) is 4.11. The molecule has 0 unspecified atom stereocenters. The standard InChI is InChI=1S/C9H14ClN3S/c10-5-9(3-1-2-4-9)6-11-8-12-7-13-14-8/h7H,1-6H2,(H,11,12,13). The predicted molar refractivity (Wildman–Crippen MR) is 60.0 cm³/mol. The lowest BCUT2D eigenvalue weighted by atomic mass is 9.89. The van der Waals surface area contributed by atoms with Crippen molar-refractivity contribution in [3.63, 3.8) is 0 Å². The number of rotatable bonds is 4. The van der Waals surface area contributed by atoms with Gasteiger partial charge in [0.2, 0.25) is 5.13 Å². The van der Waals surface area contributed by atoms with E-state index >= 15 is 0 Å². The molecule has 2 rings (SSSR count). The molecule has 0 atom stereocenters. The van der Waals surface area contributed by atoms with E-state index in [1.54, 1.807) is 6.33 Å². The molecular weight excluding hydrogens is 218 g/mol. The fourth-order valence-corrected chi connectivity index (χ4v) is 2.78. The maximum Gasteiger partial charge on any atom is 0.202 e. The van der Waals surface area contributed by atoms with Gasteiger partial charge in [0.15, 0.2) is 0 Å². The molecule has 0 aromatic carbocycles. The molecule has 0 aliphatic heterocycles. The van der Waals surface area contributed by atoms with Crippen LogP contribution in [0.4, 0.5) is 5.13 Å². The molecule has 1 aliphatic rings. The zero-order valence-electron chi connectivity index (χ0n) is 8.00. The zero-order chi connectivity index (χ0) is 9.86.